The second-order valence-corrected chi connectivity index (χ2v) is 12.4. The van der Waals surface area contributed by atoms with Crippen molar-refractivity contribution in [1.29, 1.82) is 0 Å². The fourth-order valence-electron chi connectivity index (χ4n) is 5.05. The molecule has 1 aromatic heterocycles. The Morgan fingerprint density at radius 1 is 1.07 bits per heavy atom. The van der Waals surface area contributed by atoms with E-state index in [-0.39, 0.29) is 25.6 Å². The van der Waals surface area contributed by atoms with Crippen LogP contribution in [0.1, 0.15) is 54.9 Å². The van der Waals surface area contributed by atoms with Crippen LogP contribution in [0.2, 0.25) is 0 Å². The lowest BCUT2D eigenvalue weighted by atomic mass is 9.97. The number of carboxylic acid groups (broad SMARTS) is 1. The minimum atomic E-state index is -3.66. The zero-order valence-corrected chi connectivity index (χ0v) is 24.4. The molecule has 0 spiro atoms. The highest BCUT2D eigenvalue weighted by molar-refractivity contribution is 7.89. The number of amides is 2. The predicted molar refractivity (Wildman–Crippen MR) is 159 cm³/mol. The molecule has 42 heavy (non-hydrogen) atoms. The molecule has 0 radical (unpaired) electrons. The number of ether oxygens (including phenoxy) is 1. The highest BCUT2D eigenvalue weighted by Gasteiger charge is 2.20. The van der Waals surface area contributed by atoms with Crippen LogP contribution in [0.15, 0.2) is 67.0 Å². The summed E-state index contributed by atoms with van der Waals surface area (Å²) in [6, 6.07) is 16.7. The van der Waals surface area contributed by atoms with Crippen LogP contribution in [0.25, 0.3) is 11.1 Å². The molecule has 0 bridgehead atoms. The van der Waals surface area contributed by atoms with Gasteiger partial charge in [-0.2, -0.15) is 0 Å². The van der Waals surface area contributed by atoms with Gasteiger partial charge in [0, 0.05) is 30.1 Å². The summed E-state index contributed by atoms with van der Waals surface area (Å²) in [6.45, 7) is 0.160. The number of pyridine rings is 1. The van der Waals surface area contributed by atoms with Gasteiger partial charge in [0.05, 0.1) is 31.4 Å². The van der Waals surface area contributed by atoms with Crippen LogP contribution in [0.3, 0.4) is 0 Å². The van der Waals surface area contributed by atoms with Crippen molar-refractivity contribution in [3.05, 3.63) is 83.7 Å². The molecule has 1 aliphatic carbocycles. The van der Waals surface area contributed by atoms with Gasteiger partial charge in [-0.15, -0.1) is 0 Å². The van der Waals surface area contributed by atoms with Crippen molar-refractivity contribution in [2.45, 2.75) is 57.2 Å². The number of aliphatic hydroxyl groups excluding tert-OH is 1. The molecule has 1 heterocycles. The Balaban J connectivity index is 1.45. The van der Waals surface area contributed by atoms with Crippen LogP contribution < -0.4 is 9.46 Å². The van der Waals surface area contributed by atoms with Gasteiger partial charge in [0.15, 0.2) is 0 Å². The summed E-state index contributed by atoms with van der Waals surface area (Å²) in [5.74, 6) is -0.0529. The van der Waals surface area contributed by atoms with Crippen LogP contribution in [-0.2, 0) is 27.7 Å². The van der Waals surface area contributed by atoms with Crippen molar-refractivity contribution in [3.63, 3.8) is 0 Å². The first kappa shape index (κ1) is 31.0. The number of aliphatic hydroxyl groups is 1. The topological polar surface area (TPSA) is 146 Å². The summed E-state index contributed by atoms with van der Waals surface area (Å²) >= 11 is 0. The molecule has 0 unspecified atom stereocenters. The van der Waals surface area contributed by atoms with Crippen LogP contribution in [0.4, 0.5) is 4.79 Å². The zero-order valence-electron chi connectivity index (χ0n) is 23.6. The Kier molecular flexibility index (Phi) is 10.5. The van der Waals surface area contributed by atoms with Crippen LogP contribution in [0.5, 0.6) is 5.75 Å². The number of nitrogens with one attached hydrogen (secondary N) is 1. The first-order chi connectivity index (χ1) is 20.1. The van der Waals surface area contributed by atoms with Crippen molar-refractivity contribution in [2.24, 2.45) is 0 Å². The van der Waals surface area contributed by atoms with Crippen molar-refractivity contribution in [2.75, 3.05) is 19.3 Å². The maximum absolute atomic E-state index is 12.3. The van der Waals surface area contributed by atoms with Gasteiger partial charge in [-0.05, 0) is 60.9 Å². The molecule has 224 valence electrons. The molecule has 11 heteroatoms. The molecule has 0 saturated heterocycles. The van der Waals surface area contributed by atoms with E-state index >= 15 is 0 Å². The average Bonchev–Trinajstić information content (AvgIpc) is 2.96. The highest BCUT2D eigenvalue weighted by Crippen LogP contribution is 2.31. The van der Waals surface area contributed by atoms with Gasteiger partial charge in [-0.1, -0.05) is 48.9 Å². The van der Waals surface area contributed by atoms with E-state index in [2.05, 4.69) is 4.98 Å². The van der Waals surface area contributed by atoms with Crippen molar-refractivity contribution in [1.82, 2.24) is 14.6 Å². The minimum Gasteiger partial charge on any atom is -0.490 e. The van der Waals surface area contributed by atoms with Crippen molar-refractivity contribution >= 4 is 22.0 Å². The quantitative estimate of drug-likeness (QED) is 0.280. The molecule has 1 saturated carbocycles. The van der Waals surface area contributed by atoms with Gasteiger partial charge < -0.3 is 19.8 Å². The number of hydrogen-bond acceptors (Lipinski definition) is 7. The molecular weight excluding hydrogens is 558 g/mol. The lowest BCUT2D eigenvalue weighted by molar-refractivity contribution is -0.118. The predicted octanol–water partition coefficient (Wildman–Crippen LogP) is 4.33. The van der Waals surface area contributed by atoms with E-state index in [1.807, 2.05) is 41.1 Å². The SMILES string of the molecule is CS(=O)(=O)NC(=O)Cc1ccc(-c2ccc(CCN(C[C@H](O)c3cccnc3)C(=O)O)cc2)cc1OC1CCCCC1. The van der Waals surface area contributed by atoms with Gasteiger partial charge >= 0.3 is 6.09 Å². The van der Waals surface area contributed by atoms with Gasteiger partial charge in [-0.3, -0.25) is 14.5 Å². The molecule has 0 aliphatic heterocycles. The largest absolute Gasteiger partial charge is 0.490 e. The number of benzene rings is 2. The molecular formula is C31H37N3O7S. The standard InChI is InChI=1S/C31H37N3O7S/c1-42(39,40)33-30(36)19-25-14-13-24(18-29(25)41-27-7-3-2-4-8-27)23-11-9-22(10-12-23)15-17-34(31(37)38)21-28(35)26-6-5-16-32-20-26/h5-6,9-14,16,18,20,27-28,35H,2-4,7-8,15,17,19,21H2,1H3,(H,33,36)(H,37,38)/t28-/m0/s1. The number of carbonyl (C=O) groups excluding carboxylic acids is 1. The first-order valence-electron chi connectivity index (χ1n) is 14.0. The van der Waals surface area contributed by atoms with Crippen molar-refractivity contribution < 1.29 is 33.0 Å². The lowest BCUT2D eigenvalue weighted by Gasteiger charge is -2.25. The fraction of sp³-hybridized carbons (Fsp3) is 0.387. The van der Waals surface area contributed by atoms with Crippen LogP contribution >= 0.6 is 0 Å². The molecule has 2 amide bonds. The minimum absolute atomic E-state index is 0.0435. The van der Waals surface area contributed by atoms with Gasteiger partial charge in [0.1, 0.15) is 5.75 Å². The third kappa shape index (κ3) is 9.28. The number of carbonyl (C=O) groups is 2. The van der Waals surface area contributed by atoms with E-state index < -0.39 is 28.1 Å². The summed E-state index contributed by atoms with van der Waals surface area (Å²) in [4.78, 5) is 29.3. The lowest BCUT2D eigenvalue weighted by Crippen LogP contribution is -2.35. The molecule has 4 rings (SSSR count). The van der Waals surface area contributed by atoms with E-state index in [0.717, 1.165) is 48.6 Å². The van der Waals surface area contributed by atoms with E-state index in [4.69, 9.17) is 4.74 Å². The van der Waals surface area contributed by atoms with E-state index in [9.17, 15) is 28.2 Å². The van der Waals surface area contributed by atoms with E-state index in [1.54, 1.807) is 24.4 Å². The Bertz CT molecular complexity index is 1460. The maximum atomic E-state index is 12.3. The van der Waals surface area contributed by atoms with E-state index in [1.165, 1.54) is 17.5 Å². The summed E-state index contributed by atoms with van der Waals surface area (Å²) in [5.41, 5.74) is 3.91. The summed E-state index contributed by atoms with van der Waals surface area (Å²) in [7, 11) is -3.66. The third-order valence-corrected chi connectivity index (χ3v) is 7.85. The Morgan fingerprint density at radius 2 is 1.79 bits per heavy atom. The average molecular weight is 596 g/mol. The molecule has 3 aromatic rings. The van der Waals surface area contributed by atoms with Gasteiger partial charge in [-0.25, -0.2) is 13.2 Å². The summed E-state index contributed by atoms with van der Waals surface area (Å²) in [5, 5.41) is 20.1. The number of hydrogen-bond donors (Lipinski definition) is 3. The monoisotopic (exact) mass is 595 g/mol. The molecule has 1 aliphatic rings. The second-order valence-electron chi connectivity index (χ2n) is 10.7. The fourth-order valence-corrected chi connectivity index (χ4v) is 5.53. The Labute approximate surface area is 246 Å². The van der Waals surface area contributed by atoms with Gasteiger partial charge in [0.25, 0.3) is 0 Å². The van der Waals surface area contributed by atoms with Crippen molar-refractivity contribution in [3.8, 4) is 16.9 Å². The second kappa shape index (κ2) is 14.3. The van der Waals surface area contributed by atoms with Gasteiger partial charge in [0.2, 0.25) is 15.9 Å². The number of nitrogens with zero attached hydrogens (tertiary/aromatic N) is 2. The molecule has 10 nitrogen and oxygen atoms in total. The number of sulfonamides is 1. The molecule has 1 atom stereocenters. The zero-order chi connectivity index (χ0) is 30.1. The number of rotatable bonds is 12. The normalized spacial score (nSPS) is 14.6. The molecule has 2 aromatic carbocycles. The molecule has 3 N–H and O–H groups in total. The third-order valence-electron chi connectivity index (χ3n) is 7.25. The first-order valence-corrected chi connectivity index (χ1v) is 15.9. The number of aromatic nitrogens is 1. The molecule has 1 fully saturated rings. The summed E-state index contributed by atoms with van der Waals surface area (Å²) < 4.78 is 31.4. The Morgan fingerprint density at radius 3 is 2.43 bits per heavy atom. The maximum Gasteiger partial charge on any atom is 0.407 e. The van der Waals surface area contributed by atoms with Crippen LogP contribution in [0, 0.1) is 0 Å². The smallest absolute Gasteiger partial charge is 0.407 e. The summed E-state index contributed by atoms with van der Waals surface area (Å²) in [6.07, 6.45) is 7.57. The Hall–Kier alpha value is -3.96. The highest BCUT2D eigenvalue weighted by atomic mass is 32.2. The van der Waals surface area contributed by atoms with E-state index in [0.29, 0.717) is 23.3 Å². The van der Waals surface area contributed by atoms with Crippen LogP contribution in [-0.4, -0.2) is 66.0 Å².